The molecular formula is C26H33N3O5S. The van der Waals surface area contributed by atoms with Crippen molar-refractivity contribution in [1.29, 1.82) is 0 Å². The van der Waals surface area contributed by atoms with Gasteiger partial charge in [0.2, 0.25) is 10.0 Å². The first kappa shape index (κ1) is 25.3. The van der Waals surface area contributed by atoms with Crippen LogP contribution in [0.1, 0.15) is 64.0 Å². The number of ether oxygens (including phenoxy) is 1. The lowest BCUT2D eigenvalue weighted by molar-refractivity contribution is -0.0602. The van der Waals surface area contributed by atoms with Gasteiger partial charge in [0.15, 0.2) is 5.82 Å². The number of aliphatic hydroxyl groups is 1. The number of nitrogens with one attached hydrogen (secondary N) is 1. The molecule has 4 rings (SSSR count). The zero-order chi connectivity index (χ0) is 25.4. The van der Waals surface area contributed by atoms with Crippen LogP contribution in [0, 0.1) is 5.92 Å². The van der Waals surface area contributed by atoms with E-state index in [9.17, 15) is 13.5 Å². The summed E-state index contributed by atoms with van der Waals surface area (Å²) in [6.45, 7) is 9.73. The Morgan fingerprint density at radius 1 is 1.14 bits per heavy atom. The predicted octanol–water partition coefficient (Wildman–Crippen LogP) is 4.44. The number of nitrogens with zero attached hydrogens (tertiary/aromatic N) is 2. The lowest BCUT2D eigenvalue weighted by Crippen LogP contribution is -2.53. The van der Waals surface area contributed by atoms with Gasteiger partial charge < -0.3 is 14.4 Å². The minimum atomic E-state index is -3.92. The number of aryl methyl sites for hydroxylation is 2. The summed E-state index contributed by atoms with van der Waals surface area (Å²) in [7, 11) is -3.92. The zero-order valence-corrected chi connectivity index (χ0v) is 21.6. The summed E-state index contributed by atoms with van der Waals surface area (Å²) >= 11 is 0. The van der Waals surface area contributed by atoms with Gasteiger partial charge in [-0.2, -0.15) is 4.98 Å². The van der Waals surface area contributed by atoms with Crippen LogP contribution in [0.3, 0.4) is 0 Å². The molecule has 2 atom stereocenters. The van der Waals surface area contributed by atoms with Crippen LogP contribution in [0.2, 0.25) is 0 Å². The molecule has 0 radical (unpaired) electrons. The summed E-state index contributed by atoms with van der Waals surface area (Å²) in [5.74, 6) is 1.96. The van der Waals surface area contributed by atoms with Gasteiger partial charge in [-0.15, -0.1) is 0 Å². The van der Waals surface area contributed by atoms with Gasteiger partial charge in [-0.1, -0.05) is 38.1 Å². The Hall–Kier alpha value is -2.75. The van der Waals surface area contributed by atoms with Crippen LogP contribution < -0.4 is 9.46 Å². The van der Waals surface area contributed by atoms with Gasteiger partial charge in [-0.05, 0) is 68.5 Å². The smallest absolute Gasteiger partial charge is 0.257 e. The van der Waals surface area contributed by atoms with E-state index < -0.39 is 27.8 Å². The summed E-state index contributed by atoms with van der Waals surface area (Å²) in [4.78, 5) is 4.63. The van der Waals surface area contributed by atoms with Gasteiger partial charge >= 0.3 is 0 Å². The maximum Gasteiger partial charge on any atom is 0.257 e. The molecule has 0 fully saturated rings. The minimum absolute atomic E-state index is 0.135. The van der Waals surface area contributed by atoms with Gasteiger partial charge in [0.1, 0.15) is 17.5 Å². The first-order valence-electron chi connectivity index (χ1n) is 12.0. The highest BCUT2D eigenvalue weighted by atomic mass is 32.2. The fourth-order valence-corrected chi connectivity index (χ4v) is 5.31. The maximum absolute atomic E-state index is 13.2. The average Bonchev–Trinajstić information content (AvgIpc) is 3.29. The molecule has 188 valence electrons. The highest BCUT2D eigenvalue weighted by molar-refractivity contribution is 7.89. The van der Waals surface area contributed by atoms with Crippen LogP contribution in [0.25, 0.3) is 11.5 Å². The molecule has 35 heavy (non-hydrogen) atoms. The second-order valence-corrected chi connectivity index (χ2v) is 11.7. The van der Waals surface area contributed by atoms with Gasteiger partial charge in [0.05, 0.1) is 10.9 Å². The lowest BCUT2D eigenvalue weighted by atomic mass is 9.86. The van der Waals surface area contributed by atoms with Crippen LogP contribution in [0.15, 0.2) is 51.9 Å². The number of aliphatic hydroxyl groups excluding tert-OH is 1. The van der Waals surface area contributed by atoms with Gasteiger partial charge in [-0.25, -0.2) is 13.1 Å². The molecule has 0 saturated carbocycles. The normalized spacial score (nSPS) is 19.4. The van der Waals surface area contributed by atoms with Crippen LogP contribution >= 0.6 is 0 Å². The van der Waals surface area contributed by atoms with Crippen molar-refractivity contribution in [3.8, 4) is 17.2 Å². The molecule has 1 aromatic heterocycles. The largest absolute Gasteiger partial charge is 0.485 e. The fourth-order valence-electron chi connectivity index (χ4n) is 4.09. The van der Waals surface area contributed by atoms with Gasteiger partial charge in [0.25, 0.3) is 5.89 Å². The van der Waals surface area contributed by atoms with Crippen LogP contribution in [0.5, 0.6) is 5.75 Å². The van der Waals surface area contributed by atoms with E-state index in [1.54, 1.807) is 56.3 Å². The predicted molar refractivity (Wildman–Crippen MR) is 132 cm³/mol. The van der Waals surface area contributed by atoms with Crippen molar-refractivity contribution in [2.75, 3.05) is 0 Å². The van der Waals surface area contributed by atoms with Crippen molar-refractivity contribution in [1.82, 2.24) is 14.9 Å². The second kappa shape index (κ2) is 9.72. The Labute approximate surface area is 206 Å². The highest BCUT2D eigenvalue weighted by Gasteiger charge is 2.44. The molecular weight excluding hydrogens is 466 g/mol. The van der Waals surface area contributed by atoms with E-state index in [0.717, 1.165) is 18.4 Å². The Balaban J connectivity index is 1.68. The van der Waals surface area contributed by atoms with Crippen molar-refractivity contribution in [2.45, 2.75) is 76.5 Å². The molecule has 8 nitrogen and oxygen atoms in total. The number of rotatable bonds is 8. The molecule has 2 N–H and O–H groups in total. The Bertz CT molecular complexity index is 1280. The lowest BCUT2D eigenvalue weighted by Gasteiger charge is -2.42. The molecule has 0 unspecified atom stereocenters. The second-order valence-electron chi connectivity index (χ2n) is 9.95. The van der Waals surface area contributed by atoms with E-state index in [1.807, 2.05) is 6.92 Å². The summed E-state index contributed by atoms with van der Waals surface area (Å²) < 4.78 is 40.7. The number of fused-ring (bicyclic) bond motifs is 1. The maximum atomic E-state index is 13.2. The van der Waals surface area contributed by atoms with Crippen molar-refractivity contribution >= 4 is 10.0 Å². The molecule has 0 aliphatic carbocycles. The van der Waals surface area contributed by atoms with Crippen molar-refractivity contribution in [3.05, 3.63) is 59.4 Å². The van der Waals surface area contributed by atoms with Gasteiger partial charge in [0, 0.05) is 17.5 Å². The summed E-state index contributed by atoms with van der Waals surface area (Å²) in [5.41, 5.74) is 1.16. The standard InChI is InChI=1S/C26H33N3O5S/c1-6-17-8-11-19(12-9-17)35(31,32)29-23-20-15-18(10-13-21(20)33-26(4,5)24(23)30)25-27-22(28-34-25)14-7-16(2)3/h8-13,15-16,23-24,29-30H,6-7,14H2,1-5H3/t23-,24+/m1/s1. The van der Waals surface area contributed by atoms with Crippen molar-refractivity contribution < 1.29 is 22.8 Å². The Kier molecular flexibility index (Phi) is 7.04. The van der Waals surface area contributed by atoms with E-state index in [1.165, 1.54) is 0 Å². The van der Waals surface area contributed by atoms with Crippen molar-refractivity contribution in [2.24, 2.45) is 5.92 Å². The summed E-state index contributed by atoms with van der Waals surface area (Å²) in [5, 5.41) is 15.2. The van der Waals surface area contributed by atoms with E-state index in [4.69, 9.17) is 9.26 Å². The Morgan fingerprint density at radius 3 is 2.51 bits per heavy atom. The third kappa shape index (κ3) is 5.42. The first-order chi connectivity index (χ1) is 16.5. The SMILES string of the molecule is CCc1ccc(S(=O)(=O)N[C@@H]2c3cc(-c4nc(CCC(C)C)no4)ccc3OC(C)(C)[C@H]2O)cc1. The average molecular weight is 500 g/mol. The van der Waals surface area contributed by atoms with E-state index >= 15 is 0 Å². The number of sulfonamides is 1. The van der Waals surface area contributed by atoms with Crippen LogP contribution in [-0.2, 0) is 22.9 Å². The van der Waals surface area contributed by atoms with Crippen molar-refractivity contribution in [3.63, 3.8) is 0 Å². The van der Waals surface area contributed by atoms with E-state index in [0.29, 0.717) is 40.9 Å². The van der Waals surface area contributed by atoms with E-state index in [2.05, 4.69) is 28.7 Å². The first-order valence-corrected chi connectivity index (χ1v) is 13.4. The summed E-state index contributed by atoms with van der Waals surface area (Å²) in [6, 6.07) is 11.1. The minimum Gasteiger partial charge on any atom is -0.485 e. The number of aromatic nitrogens is 2. The number of benzene rings is 2. The molecule has 2 heterocycles. The topological polar surface area (TPSA) is 115 Å². The monoisotopic (exact) mass is 499 g/mol. The molecule has 9 heteroatoms. The molecule has 3 aromatic rings. The number of hydrogen-bond donors (Lipinski definition) is 2. The Morgan fingerprint density at radius 2 is 1.86 bits per heavy atom. The molecule has 2 aromatic carbocycles. The van der Waals surface area contributed by atoms with Crippen LogP contribution in [0.4, 0.5) is 0 Å². The third-order valence-corrected chi connectivity index (χ3v) is 7.79. The zero-order valence-electron chi connectivity index (χ0n) is 20.8. The number of hydrogen-bond acceptors (Lipinski definition) is 7. The molecule has 1 aliphatic heterocycles. The molecule has 0 bridgehead atoms. The van der Waals surface area contributed by atoms with Crippen LogP contribution in [-0.4, -0.2) is 35.4 Å². The molecule has 0 spiro atoms. The summed E-state index contributed by atoms with van der Waals surface area (Å²) in [6.07, 6.45) is 1.33. The van der Waals surface area contributed by atoms with E-state index in [-0.39, 0.29) is 4.90 Å². The molecule has 0 amide bonds. The molecule has 1 aliphatic rings. The highest BCUT2D eigenvalue weighted by Crippen LogP contribution is 2.42. The molecule has 0 saturated heterocycles. The third-order valence-electron chi connectivity index (χ3n) is 6.33. The van der Waals surface area contributed by atoms with Gasteiger partial charge in [-0.3, -0.25) is 0 Å². The fraction of sp³-hybridized carbons (Fsp3) is 0.462. The quantitative estimate of drug-likeness (QED) is 0.471.